The van der Waals surface area contributed by atoms with Crippen LogP contribution >= 0.6 is 0 Å². The Morgan fingerprint density at radius 3 is 2.30 bits per heavy atom. The Hall–Kier alpha value is -4.28. The topological polar surface area (TPSA) is 98.4 Å². The van der Waals surface area contributed by atoms with Crippen molar-refractivity contribution in [1.82, 2.24) is 10.2 Å². The van der Waals surface area contributed by atoms with Crippen molar-refractivity contribution < 1.29 is 19.1 Å². The summed E-state index contributed by atoms with van der Waals surface area (Å²) in [5, 5.41) is 8.96. The molecule has 2 saturated heterocycles. The Kier molecular flexibility index (Phi) is 10.0. The number of amides is 3. The number of ether oxygens (including phenoxy) is 2. The molecule has 0 aliphatic carbocycles. The maximum Gasteiger partial charge on any atom is 0.323 e. The predicted octanol–water partition coefficient (Wildman–Crippen LogP) is 4.34. The molecule has 0 unspecified atom stereocenters. The number of methoxy groups -OCH3 is 1. The number of piperazine rings is 1. The van der Waals surface area contributed by atoms with Gasteiger partial charge in [0, 0.05) is 69.4 Å². The molecule has 0 atom stereocenters. The highest BCUT2D eigenvalue weighted by Crippen LogP contribution is 2.31. The van der Waals surface area contributed by atoms with Crippen molar-refractivity contribution in [3.8, 4) is 5.75 Å². The number of benzene rings is 3. The van der Waals surface area contributed by atoms with Crippen LogP contribution in [0.3, 0.4) is 0 Å². The number of hydrogen-bond acceptors (Lipinski definition) is 7. The molecule has 5 rings (SSSR count). The van der Waals surface area contributed by atoms with E-state index in [-0.39, 0.29) is 11.9 Å². The first-order valence-corrected chi connectivity index (χ1v) is 14.9. The molecule has 0 radical (unpaired) electrons. The fraction of sp³-hybridized carbons (Fsp3) is 0.394. The maximum absolute atomic E-state index is 13.6. The van der Waals surface area contributed by atoms with Crippen LogP contribution in [0.2, 0.25) is 0 Å². The van der Waals surface area contributed by atoms with Crippen LogP contribution in [0.15, 0.2) is 60.7 Å². The van der Waals surface area contributed by atoms with Gasteiger partial charge >= 0.3 is 6.03 Å². The molecule has 0 aromatic heterocycles. The number of hydrogen-bond donors (Lipinski definition) is 3. The minimum absolute atomic E-state index is 0.158. The van der Waals surface area contributed by atoms with E-state index in [1.807, 2.05) is 62.4 Å². The van der Waals surface area contributed by atoms with Gasteiger partial charge in [-0.05, 0) is 61.4 Å². The molecule has 3 N–H and O–H groups in total. The summed E-state index contributed by atoms with van der Waals surface area (Å²) in [7, 11) is 1.69. The molecule has 0 bridgehead atoms. The number of anilines is 4. The predicted molar refractivity (Wildman–Crippen MR) is 172 cm³/mol. The number of nitrogens with zero attached hydrogens (tertiary/aromatic N) is 3. The zero-order valence-corrected chi connectivity index (χ0v) is 25.3. The van der Waals surface area contributed by atoms with Gasteiger partial charge in [-0.15, -0.1) is 0 Å². The zero-order chi connectivity index (χ0) is 30.2. The smallest absolute Gasteiger partial charge is 0.323 e. The molecular formula is C33H42N6O4. The number of urea groups is 1. The fourth-order valence-electron chi connectivity index (χ4n) is 5.57. The Balaban J connectivity index is 1.30. The lowest BCUT2D eigenvalue weighted by Gasteiger charge is -2.38. The van der Waals surface area contributed by atoms with E-state index in [0.29, 0.717) is 17.8 Å². The molecule has 0 spiro atoms. The van der Waals surface area contributed by atoms with E-state index in [1.54, 1.807) is 13.2 Å². The molecule has 3 amide bonds. The molecule has 3 aromatic carbocycles. The van der Waals surface area contributed by atoms with Gasteiger partial charge in [0.05, 0.1) is 31.6 Å². The number of para-hydroxylation sites is 2. The van der Waals surface area contributed by atoms with E-state index >= 15 is 0 Å². The third-order valence-corrected chi connectivity index (χ3v) is 8.22. The molecule has 2 aliphatic rings. The lowest BCUT2D eigenvalue weighted by molar-refractivity contribution is 0.0383. The first-order chi connectivity index (χ1) is 20.9. The van der Waals surface area contributed by atoms with Gasteiger partial charge in [-0.2, -0.15) is 0 Å². The molecule has 10 heteroatoms. The third-order valence-electron chi connectivity index (χ3n) is 8.22. The quantitative estimate of drug-likeness (QED) is 0.343. The van der Waals surface area contributed by atoms with Crippen LogP contribution in [-0.4, -0.2) is 89.5 Å². The second-order valence-corrected chi connectivity index (χ2v) is 10.9. The van der Waals surface area contributed by atoms with Crippen LogP contribution in [0.25, 0.3) is 0 Å². The Bertz CT molecular complexity index is 1420. The van der Waals surface area contributed by atoms with Gasteiger partial charge in [0.15, 0.2) is 0 Å². The molecular weight excluding hydrogens is 544 g/mol. The van der Waals surface area contributed by atoms with E-state index in [1.165, 1.54) is 0 Å². The largest absolute Gasteiger partial charge is 0.495 e. The van der Waals surface area contributed by atoms with Crippen molar-refractivity contribution in [2.45, 2.75) is 13.8 Å². The third kappa shape index (κ3) is 7.57. The highest BCUT2D eigenvalue weighted by Gasteiger charge is 2.24. The monoisotopic (exact) mass is 586 g/mol. The summed E-state index contributed by atoms with van der Waals surface area (Å²) < 4.78 is 11.0. The molecule has 2 aliphatic heterocycles. The second kappa shape index (κ2) is 14.3. The standard InChI is InChI=1S/C33H42N6O4/c1-24-7-6-8-28(25(24)2)36-33(41)35-26-11-12-29(27(23-26)32(40)34-13-14-37-19-21-43-22-20-37)38-15-17-39(18-16-38)30-9-4-5-10-31(30)42-3/h4-12,23H,13-22H2,1-3H3,(H,34,40)(H2,35,36,41). The summed E-state index contributed by atoms with van der Waals surface area (Å²) in [6, 6.07) is 19.1. The minimum atomic E-state index is -0.356. The van der Waals surface area contributed by atoms with E-state index in [2.05, 4.69) is 36.7 Å². The van der Waals surface area contributed by atoms with Gasteiger partial charge in [-0.25, -0.2) is 4.79 Å². The number of carbonyl (C=O) groups is 2. The van der Waals surface area contributed by atoms with Gasteiger partial charge in [-0.1, -0.05) is 24.3 Å². The summed E-state index contributed by atoms with van der Waals surface area (Å²) in [5.41, 5.74) is 5.88. The van der Waals surface area contributed by atoms with E-state index in [4.69, 9.17) is 9.47 Å². The van der Waals surface area contributed by atoms with E-state index in [0.717, 1.165) is 93.0 Å². The summed E-state index contributed by atoms with van der Waals surface area (Å²) >= 11 is 0. The van der Waals surface area contributed by atoms with Crippen molar-refractivity contribution >= 4 is 34.7 Å². The first kappa shape index (κ1) is 30.2. The van der Waals surface area contributed by atoms with Crippen molar-refractivity contribution in [3.05, 3.63) is 77.4 Å². The van der Waals surface area contributed by atoms with E-state index < -0.39 is 0 Å². The fourth-order valence-corrected chi connectivity index (χ4v) is 5.57. The average molecular weight is 587 g/mol. The summed E-state index contributed by atoms with van der Waals surface area (Å²) in [4.78, 5) is 33.4. The SMILES string of the molecule is COc1ccccc1N1CCN(c2ccc(NC(=O)Nc3cccc(C)c3C)cc2C(=O)NCCN2CCOCC2)CC1. The van der Waals surface area contributed by atoms with Crippen molar-refractivity contribution in [1.29, 1.82) is 0 Å². The van der Waals surface area contributed by atoms with Crippen molar-refractivity contribution in [2.75, 3.05) is 93.1 Å². The second-order valence-electron chi connectivity index (χ2n) is 10.9. The minimum Gasteiger partial charge on any atom is -0.495 e. The number of aryl methyl sites for hydroxylation is 1. The van der Waals surface area contributed by atoms with Crippen molar-refractivity contribution in [2.24, 2.45) is 0 Å². The molecule has 2 fully saturated rings. The maximum atomic E-state index is 13.6. The highest BCUT2D eigenvalue weighted by atomic mass is 16.5. The molecule has 2 heterocycles. The van der Waals surface area contributed by atoms with Gasteiger partial charge in [-0.3, -0.25) is 9.69 Å². The molecule has 228 valence electrons. The van der Waals surface area contributed by atoms with Crippen LogP contribution in [0, 0.1) is 13.8 Å². The Morgan fingerprint density at radius 1 is 0.837 bits per heavy atom. The zero-order valence-electron chi connectivity index (χ0n) is 25.3. The van der Waals surface area contributed by atoms with Gasteiger partial charge in [0.25, 0.3) is 5.91 Å². The van der Waals surface area contributed by atoms with Gasteiger partial charge in [0.2, 0.25) is 0 Å². The lowest BCUT2D eigenvalue weighted by atomic mass is 10.1. The molecule has 10 nitrogen and oxygen atoms in total. The number of nitrogens with one attached hydrogen (secondary N) is 3. The number of morpholine rings is 1. The van der Waals surface area contributed by atoms with Gasteiger partial charge in [0.1, 0.15) is 5.75 Å². The van der Waals surface area contributed by atoms with Crippen LogP contribution in [0.1, 0.15) is 21.5 Å². The lowest BCUT2D eigenvalue weighted by Crippen LogP contribution is -2.47. The Morgan fingerprint density at radius 2 is 1.56 bits per heavy atom. The van der Waals surface area contributed by atoms with Crippen LogP contribution in [-0.2, 0) is 4.74 Å². The highest BCUT2D eigenvalue weighted by molar-refractivity contribution is 6.04. The van der Waals surface area contributed by atoms with Crippen LogP contribution in [0.4, 0.5) is 27.5 Å². The van der Waals surface area contributed by atoms with Gasteiger partial charge < -0.3 is 35.2 Å². The molecule has 0 saturated carbocycles. The average Bonchev–Trinajstić information content (AvgIpc) is 3.04. The number of rotatable bonds is 9. The first-order valence-electron chi connectivity index (χ1n) is 14.9. The summed E-state index contributed by atoms with van der Waals surface area (Å²) in [6.07, 6.45) is 0. The van der Waals surface area contributed by atoms with E-state index in [9.17, 15) is 9.59 Å². The number of carbonyl (C=O) groups excluding carboxylic acids is 2. The summed E-state index contributed by atoms with van der Waals surface area (Å²) in [5.74, 6) is 0.694. The molecule has 43 heavy (non-hydrogen) atoms. The molecule has 3 aromatic rings. The normalized spacial score (nSPS) is 15.6. The van der Waals surface area contributed by atoms with Crippen molar-refractivity contribution in [3.63, 3.8) is 0 Å². The van der Waals surface area contributed by atoms with Crippen LogP contribution in [0.5, 0.6) is 5.75 Å². The summed E-state index contributed by atoms with van der Waals surface area (Å²) in [6.45, 7) is 11.5. The Labute approximate surface area is 253 Å². The van der Waals surface area contributed by atoms with Crippen LogP contribution < -0.4 is 30.5 Å².